The molecular formula is C16H23NO4. The lowest BCUT2D eigenvalue weighted by molar-refractivity contribution is -0.140. The molecule has 1 unspecified atom stereocenters. The van der Waals surface area contributed by atoms with E-state index in [4.69, 9.17) is 9.84 Å². The molecule has 0 bridgehead atoms. The molecule has 21 heavy (non-hydrogen) atoms. The number of carboxylic acids is 1. The van der Waals surface area contributed by atoms with E-state index in [9.17, 15) is 9.59 Å². The second-order valence-electron chi connectivity index (χ2n) is 5.11. The second-order valence-corrected chi connectivity index (χ2v) is 5.11. The van der Waals surface area contributed by atoms with Gasteiger partial charge in [-0.1, -0.05) is 12.1 Å². The molecule has 0 fully saturated rings. The molecule has 5 heteroatoms. The van der Waals surface area contributed by atoms with E-state index in [1.165, 1.54) is 0 Å². The molecule has 0 heterocycles. The summed E-state index contributed by atoms with van der Waals surface area (Å²) >= 11 is 0. The molecule has 1 atom stereocenters. The number of benzene rings is 1. The monoisotopic (exact) mass is 293 g/mol. The molecule has 1 aromatic carbocycles. The van der Waals surface area contributed by atoms with Crippen LogP contribution in [0.25, 0.3) is 0 Å². The summed E-state index contributed by atoms with van der Waals surface area (Å²) in [4.78, 5) is 24.7. The van der Waals surface area contributed by atoms with E-state index in [0.717, 1.165) is 16.9 Å². The maximum absolute atomic E-state index is 12.3. The Hall–Kier alpha value is -2.04. The predicted molar refractivity (Wildman–Crippen MR) is 80.5 cm³/mol. The minimum absolute atomic E-state index is 0.0448. The zero-order chi connectivity index (χ0) is 16.0. The van der Waals surface area contributed by atoms with Crippen LogP contribution in [0.2, 0.25) is 0 Å². The van der Waals surface area contributed by atoms with Gasteiger partial charge in [-0.2, -0.15) is 0 Å². The number of amides is 1. The van der Waals surface area contributed by atoms with Crippen molar-refractivity contribution in [3.8, 4) is 5.75 Å². The molecule has 0 saturated carbocycles. The van der Waals surface area contributed by atoms with E-state index in [2.05, 4.69) is 0 Å². The minimum atomic E-state index is -0.897. The summed E-state index contributed by atoms with van der Waals surface area (Å²) in [6, 6.07) is 5.35. The molecule has 5 nitrogen and oxygen atoms in total. The lowest BCUT2D eigenvalue weighted by Crippen LogP contribution is -2.40. The first-order valence-corrected chi connectivity index (χ1v) is 7.03. The molecule has 0 aliphatic heterocycles. The van der Waals surface area contributed by atoms with Crippen LogP contribution in [0.15, 0.2) is 18.2 Å². The van der Waals surface area contributed by atoms with Crippen molar-refractivity contribution >= 4 is 11.9 Å². The van der Waals surface area contributed by atoms with Crippen molar-refractivity contribution in [2.24, 2.45) is 0 Å². The summed E-state index contributed by atoms with van der Waals surface area (Å²) in [7, 11) is 1.60. The highest BCUT2D eigenvalue weighted by molar-refractivity contribution is 5.80. The highest BCUT2D eigenvalue weighted by Gasteiger charge is 2.21. The average Bonchev–Trinajstić information content (AvgIpc) is 2.40. The summed E-state index contributed by atoms with van der Waals surface area (Å²) in [6.45, 7) is 6.05. The lowest BCUT2D eigenvalue weighted by Gasteiger charge is -2.27. The summed E-state index contributed by atoms with van der Waals surface area (Å²) in [5, 5.41) is 8.84. The molecule has 0 radical (unpaired) electrons. The van der Waals surface area contributed by atoms with Gasteiger partial charge < -0.3 is 14.7 Å². The molecule has 1 N–H and O–H groups in total. The molecule has 0 saturated heterocycles. The molecule has 0 aliphatic rings. The van der Waals surface area contributed by atoms with E-state index in [1.54, 1.807) is 18.9 Å². The topological polar surface area (TPSA) is 66.8 Å². The van der Waals surface area contributed by atoms with Gasteiger partial charge in [0.05, 0.1) is 20.0 Å². The van der Waals surface area contributed by atoms with Gasteiger partial charge in [-0.25, -0.2) is 0 Å². The van der Waals surface area contributed by atoms with Crippen LogP contribution < -0.4 is 4.74 Å². The quantitative estimate of drug-likeness (QED) is 0.837. The van der Waals surface area contributed by atoms with Crippen LogP contribution >= 0.6 is 0 Å². The fourth-order valence-electron chi connectivity index (χ4n) is 2.35. The van der Waals surface area contributed by atoms with Crippen LogP contribution in [0, 0.1) is 6.92 Å². The number of aliphatic carboxylic acids is 1. The zero-order valence-electron chi connectivity index (χ0n) is 13.0. The van der Waals surface area contributed by atoms with Crippen LogP contribution in [-0.2, 0) is 16.0 Å². The number of rotatable bonds is 7. The molecule has 116 valence electrons. The normalized spacial score (nSPS) is 11.8. The van der Waals surface area contributed by atoms with Crippen LogP contribution in [0.1, 0.15) is 31.4 Å². The SMILES string of the molecule is CCN(C(=O)Cc1ccc(C)c(OC)c1)C(C)CC(=O)O. The fourth-order valence-corrected chi connectivity index (χ4v) is 2.35. The van der Waals surface area contributed by atoms with E-state index in [0.29, 0.717) is 6.54 Å². The number of hydrogen-bond donors (Lipinski definition) is 1. The molecule has 0 spiro atoms. The summed E-state index contributed by atoms with van der Waals surface area (Å²) in [5.41, 5.74) is 1.88. The van der Waals surface area contributed by atoms with Crippen molar-refractivity contribution < 1.29 is 19.4 Å². The number of carbonyl (C=O) groups excluding carboxylic acids is 1. The Balaban J connectivity index is 2.80. The molecule has 1 rings (SSSR count). The van der Waals surface area contributed by atoms with Crippen molar-refractivity contribution in [3.05, 3.63) is 29.3 Å². The van der Waals surface area contributed by atoms with E-state index < -0.39 is 5.97 Å². The summed E-state index contributed by atoms with van der Waals surface area (Å²) in [5.74, 6) is -0.218. The molecule has 1 aromatic rings. The third-order valence-corrected chi connectivity index (χ3v) is 3.49. The first-order valence-electron chi connectivity index (χ1n) is 7.03. The maximum atomic E-state index is 12.3. The third-order valence-electron chi connectivity index (χ3n) is 3.49. The minimum Gasteiger partial charge on any atom is -0.496 e. The van der Waals surface area contributed by atoms with Gasteiger partial charge in [-0.05, 0) is 38.0 Å². The Morgan fingerprint density at radius 3 is 2.57 bits per heavy atom. The number of methoxy groups -OCH3 is 1. The Bertz CT molecular complexity index is 513. The van der Waals surface area contributed by atoms with E-state index >= 15 is 0 Å². The van der Waals surface area contributed by atoms with Crippen molar-refractivity contribution in [2.75, 3.05) is 13.7 Å². The average molecular weight is 293 g/mol. The van der Waals surface area contributed by atoms with Gasteiger partial charge in [0.1, 0.15) is 5.75 Å². The van der Waals surface area contributed by atoms with Crippen molar-refractivity contribution in [3.63, 3.8) is 0 Å². The number of aryl methyl sites for hydroxylation is 1. The van der Waals surface area contributed by atoms with Crippen LogP contribution in [0.4, 0.5) is 0 Å². The Morgan fingerprint density at radius 2 is 2.05 bits per heavy atom. The van der Waals surface area contributed by atoms with E-state index in [-0.39, 0.29) is 24.8 Å². The largest absolute Gasteiger partial charge is 0.496 e. The van der Waals surface area contributed by atoms with Gasteiger partial charge in [0, 0.05) is 12.6 Å². The number of carbonyl (C=O) groups is 2. The van der Waals surface area contributed by atoms with Gasteiger partial charge in [0.15, 0.2) is 0 Å². The Kier molecular flexibility index (Phi) is 6.21. The number of carboxylic acid groups (broad SMARTS) is 1. The summed E-state index contributed by atoms with van der Waals surface area (Å²) < 4.78 is 5.25. The highest BCUT2D eigenvalue weighted by Crippen LogP contribution is 2.20. The molecule has 0 aromatic heterocycles. The van der Waals surface area contributed by atoms with Gasteiger partial charge in [0.2, 0.25) is 5.91 Å². The standard InChI is InChI=1S/C16H23NO4/c1-5-17(12(3)8-16(19)20)15(18)10-13-7-6-11(2)14(9-13)21-4/h6-7,9,12H,5,8,10H2,1-4H3,(H,19,20). The molecule has 0 aliphatic carbocycles. The third kappa shape index (κ3) is 4.77. The van der Waals surface area contributed by atoms with Crippen molar-refractivity contribution in [2.45, 2.75) is 39.7 Å². The van der Waals surface area contributed by atoms with Crippen LogP contribution in [-0.4, -0.2) is 41.6 Å². The van der Waals surface area contributed by atoms with Gasteiger partial charge in [0.25, 0.3) is 0 Å². The van der Waals surface area contributed by atoms with E-state index in [1.807, 2.05) is 32.0 Å². The van der Waals surface area contributed by atoms with Gasteiger partial charge >= 0.3 is 5.97 Å². The fraction of sp³-hybridized carbons (Fsp3) is 0.500. The Labute approximate surface area is 125 Å². The predicted octanol–water partition coefficient (Wildman–Crippen LogP) is 2.26. The zero-order valence-corrected chi connectivity index (χ0v) is 13.0. The maximum Gasteiger partial charge on any atom is 0.305 e. The lowest BCUT2D eigenvalue weighted by atomic mass is 10.1. The smallest absolute Gasteiger partial charge is 0.305 e. The number of likely N-dealkylation sites (N-methyl/N-ethyl adjacent to an activating group) is 1. The Morgan fingerprint density at radius 1 is 1.38 bits per heavy atom. The van der Waals surface area contributed by atoms with Gasteiger partial charge in [-0.3, -0.25) is 9.59 Å². The number of ether oxygens (including phenoxy) is 1. The van der Waals surface area contributed by atoms with Gasteiger partial charge in [-0.15, -0.1) is 0 Å². The molecule has 1 amide bonds. The number of hydrogen-bond acceptors (Lipinski definition) is 3. The number of nitrogens with zero attached hydrogens (tertiary/aromatic N) is 1. The first kappa shape index (κ1) is 17.0. The first-order chi connectivity index (χ1) is 9.88. The van der Waals surface area contributed by atoms with Crippen LogP contribution in [0.5, 0.6) is 5.75 Å². The van der Waals surface area contributed by atoms with Crippen molar-refractivity contribution in [1.29, 1.82) is 0 Å². The molecular weight excluding hydrogens is 270 g/mol. The second kappa shape index (κ2) is 7.67. The van der Waals surface area contributed by atoms with Crippen molar-refractivity contribution in [1.82, 2.24) is 4.90 Å². The highest BCUT2D eigenvalue weighted by atomic mass is 16.5. The summed E-state index contributed by atoms with van der Waals surface area (Å²) in [6.07, 6.45) is 0.200. The van der Waals surface area contributed by atoms with Crippen LogP contribution in [0.3, 0.4) is 0 Å².